The monoisotopic (exact) mass is 877 g/mol. The second-order valence-corrected chi connectivity index (χ2v) is 17.6. The summed E-state index contributed by atoms with van der Waals surface area (Å²) < 4.78 is 23.7. The average molecular weight is 878 g/mol. The first-order chi connectivity index (χ1) is 29.8. The molecule has 4 aliphatic rings. The van der Waals surface area contributed by atoms with Crippen LogP contribution in [0.1, 0.15) is 121 Å². The van der Waals surface area contributed by atoms with E-state index in [1.807, 2.05) is 5.01 Å². The second-order valence-electron chi connectivity index (χ2n) is 17.6. The number of fused-ring (bicyclic) bond motifs is 14. The lowest BCUT2D eigenvalue weighted by molar-refractivity contribution is -0.160. The van der Waals surface area contributed by atoms with E-state index in [-0.39, 0.29) is 44.5 Å². The zero-order valence-electron chi connectivity index (χ0n) is 38.1. The van der Waals surface area contributed by atoms with Crippen LogP contribution in [0.3, 0.4) is 0 Å². The summed E-state index contributed by atoms with van der Waals surface area (Å²) in [5, 5.41) is 67.8. The Morgan fingerprint density at radius 2 is 1.49 bits per heavy atom. The number of nitrogens with zero attached hydrogens (tertiary/aromatic N) is 2. The molecule has 63 heavy (non-hydrogen) atoms. The molecular weight excluding hydrogens is 811 g/mol. The van der Waals surface area contributed by atoms with Gasteiger partial charge in [-0.05, 0) is 32.8 Å². The van der Waals surface area contributed by atoms with Crippen molar-refractivity contribution < 1.29 is 58.9 Å². The van der Waals surface area contributed by atoms with E-state index in [2.05, 4.69) is 5.32 Å². The Morgan fingerprint density at radius 1 is 0.873 bits per heavy atom. The summed E-state index contributed by atoms with van der Waals surface area (Å²) in [5.41, 5.74) is -0.263. The number of hydrogen-bond acceptors (Lipinski definition) is 14. The molecule has 9 atom stereocenters. The Balaban J connectivity index is 1.70. The molecule has 0 aliphatic carbocycles. The first-order valence-corrected chi connectivity index (χ1v) is 22.2. The second kappa shape index (κ2) is 21.0. The maximum atomic E-state index is 14.6. The first-order valence-electron chi connectivity index (χ1n) is 22.2. The van der Waals surface area contributed by atoms with Gasteiger partial charge in [0.05, 0.1) is 53.0 Å². The number of phenolic OH excluding ortho intramolecular Hbond substituents is 3. The highest BCUT2D eigenvalue weighted by atomic mass is 16.7. The summed E-state index contributed by atoms with van der Waals surface area (Å²) in [6, 6.07) is 0. The molecule has 1 fully saturated rings. The number of amides is 1. The summed E-state index contributed by atoms with van der Waals surface area (Å²) in [7, 11) is 1.45. The fourth-order valence-electron chi connectivity index (χ4n) is 8.89. The molecule has 1 amide bonds. The van der Waals surface area contributed by atoms with Gasteiger partial charge in [0.25, 0.3) is 11.7 Å². The van der Waals surface area contributed by atoms with Crippen molar-refractivity contribution in [3.05, 3.63) is 52.8 Å². The van der Waals surface area contributed by atoms with Gasteiger partial charge in [-0.15, -0.1) is 0 Å². The lowest BCUT2D eigenvalue weighted by atomic mass is 9.78. The van der Waals surface area contributed by atoms with Gasteiger partial charge in [0.2, 0.25) is 0 Å². The van der Waals surface area contributed by atoms with Crippen LogP contribution in [0.25, 0.3) is 10.8 Å². The molecular formula is C48H67N3O12. The van der Waals surface area contributed by atoms with Gasteiger partial charge in [0.15, 0.2) is 5.75 Å². The number of aliphatic hydroxyl groups is 2. The molecule has 346 valence electrons. The number of aromatic hydroxyl groups is 3. The van der Waals surface area contributed by atoms with Crippen molar-refractivity contribution in [1.82, 2.24) is 5.01 Å². The van der Waals surface area contributed by atoms with Gasteiger partial charge < -0.3 is 49.8 Å². The van der Waals surface area contributed by atoms with E-state index in [0.717, 1.165) is 38.5 Å². The number of benzene rings is 2. The van der Waals surface area contributed by atoms with Crippen molar-refractivity contribution in [2.45, 2.75) is 137 Å². The zero-order valence-corrected chi connectivity index (χ0v) is 38.1. The predicted octanol–water partition coefficient (Wildman–Crippen LogP) is 7.52. The third-order valence-corrected chi connectivity index (χ3v) is 13.0. The van der Waals surface area contributed by atoms with Crippen LogP contribution < -0.4 is 10.1 Å². The molecule has 0 unspecified atom stereocenters. The van der Waals surface area contributed by atoms with Crippen LogP contribution in [0, 0.1) is 30.6 Å². The number of ketones is 1. The minimum atomic E-state index is -2.04. The molecule has 5 bridgehead atoms. The standard InChI is InChI=1S/C48H67N3O12/c1-26-19-18-20-27(2)47(59)50-38-33(25-49-51-22-16-14-12-10-11-13-15-17-23-51)42(56)35-36(43(38)57)41(55)31(6)45-37(35)46(58)48(8,63-45)61-24-21-34(60-9)28(3)44(62-32(7)52)30(5)40(54)29(4)39(26)53/h18-21,24-26,28-30,34,39-40,44,53-57H,10-17,22-23H2,1-9H3,(H,50,59)/t26-,28-,29-,30-,34+,39-,40-,44-,48-/m0/s1. The molecule has 6 rings (SSSR count). The van der Waals surface area contributed by atoms with Crippen molar-refractivity contribution in [2.75, 3.05) is 25.5 Å². The molecule has 2 aromatic carbocycles. The smallest absolute Gasteiger partial charge is 0.312 e. The van der Waals surface area contributed by atoms with Gasteiger partial charge in [-0.2, -0.15) is 5.10 Å². The van der Waals surface area contributed by atoms with Crippen LogP contribution in [0.4, 0.5) is 5.69 Å². The van der Waals surface area contributed by atoms with Crippen molar-refractivity contribution >= 4 is 40.3 Å². The normalized spacial score (nSPS) is 29.6. The van der Waals surface area contributed by atoms with E-state index >= 15 is 0 Å². The van der Waals surface area contributed by atoms with E-state index in [1.165, 1.54) is 65.4 Å². The molecule has 1 saturated heterocycles. The minimum absolute atomic E-state index is 0.0662. The SMILES string of the molecule is CO[C@@H]1C=CO[C@@]2(C)Oc3c(C)c(O)c4c(O)c(c(C=NN5CCCCCCCCCC5)c(O)c4c3C2=O)NC(=O)C(C)=CC=C[C@H](C)[C@H](O)[C@H](C)[C@H](O)[C@H](C)[C@@H](OC(C)=O)[C@H]1C. The van der Waals surface area contributed by atoms with E-state index in [0.29, 0.717) is 13.1 Å². The van der Waals surface area contributed by atoms with Crippen LogP contribution in [-0.4, -0.2) is 105 Å². The third kappa shape index (κ3) is 10.6. The zero-order chi connectivity index (χ0) is 46.3. The number of hydrazone groups is 1. The highest BCUT2D eigenvalue weighted by molar-refractivity contribution is 6.23. The maximum absolute atomic E-state index is 14.6. The van der Waals surface area contributed by atoms with Gasteiger partial charge in [-0.3, -0.25) is 19.4 Å². The fraction of sp³-hybridized carbons (Fsp3) is 0.583. The number of methoxy groups -OCH3 is 1. The molecule has 4 heterocycles. The summed E-state index contributed by atoms with van der Waals surface area (Å²) in [4.78, 5) is 40.8. The van der Waals surface area contributed by atoms with E-state index in [1.54, 1.807) is 46.8 Å². The first kappa shape index (κ1) is 48.9. The van der Waals surface area contributed by atoms with Gasteiger partial charge in [0.1, 0.15) is 23.4 Å². The quantitative estimate of drug-likeness (QED) is 0.0759. The molecule has 0 aromatic heterocycles. The molecule has 15 heteroatoms. The van der Waals surface area contributed by atoms with Crippen LogP contribution in [0.15, 0.2) is 41.2 Å². The van der Waals surface area contributed by atoms with Crippen LogP contribution >= 0.6 is 0 Å². The molecule has 4 aliphatic heterocycles. The lowest BCUT2D eigenvalue weighted by Crippen LogP contribution is -2.46. The number of allylic oxidation sites excluding steroid dienone is 2. The molecule has 2 aromatic rings. The van der Waals surface area contributed by atoms with E-state index < -0.39 is 88.8 Å². The summed E-state index contributed by atoms with van der Waals surface area (Å²) in [5.74, 6) is -8.24. The Kier molecular flexibility index (Phi) is 16.3. The Bertz CT molecular complexity index is 2120. The molecule has 15 nitrogen and oxygen atoms in total. The van der Waals surface area contributed by atoms with Gasteiger partial charge in [-0.25, -0.2) is 0 Å². The van der Waals surface area contributed by atoms with Crippen molar-refractivity contribution in [1.29, 1.82) is 0 Å². The lowest BCUT2D eigenvalue weighted by Gasteiger charge is -2.38. The van der Waals surface area contributed by atoms with Crippen LogP contribution in [0.5, 0.6) is 23.0 Å². The molecule has 0 saturated carbocycles. The molecule has 0 spiro atoms. The average Bonchev–Trinajstić information content (AvgIpc) is 3.48. The number of aliphatic hydroxyl groups excluding tert-OH is 2. The fourth-order valence-corrected chi connectivity index (χ4v) is 8.89. The van der Waals surface area contributed by atoms with E-state index in [4.69, 9.17) is 24.0 Å². The Labute approximate surface area is 370 Å². The van der Waals surface area contributed by atoms with Crippen molar-refractivity contribution in [3.8, 4) is 23.0 Å². The Hall–Kier alpha value is -5.12. The largest absolute Gasteiger partial charge is 0.507 e. The van der Waals surface area contributed by atoms with Gasteiger partial charge >= 0.3 is 11.8 Å². The topological polar surface area (TPSA) is 217 Å². The summed E-state index contributed by atoms with van der Waals surface area (Å²) >= 11 is 0. The number of anilines is 1. The van der Waals surface area contributed by atoms with Gasteiger partial charge in [-0.1, -0.05) is 84.4 Å². The number of Topliss-reactive ketones (excluding diaryl/α,β-unsaturated/α-hetero) is 1. The van der Waals surface area contributed by atoms with Crippen molar-refractivity contribution in [3.63, 3.8) is 0 Å². The highest BCUT2D eigenvalue weighted by Crippen LogP contribution is 2.55. The summed E-state index contributed by atoms with van der Waals surface area (Å²) in [6.07, 6.45) is 13.5. The number of carbonyl (C=O) groups is 3. The van der Waals surface area contributed by atoms with Gasteiger partial charge in [0, 0.05) is 74.2 Å². The molecule has 0 radical (unpaired) electrons. The number of rotatable bonds is 4. The third-order valence-electron chi connectivity index (χ3n) is 13.0. The Morgan fingerprint density at radius 3 is 2.10 bits per heavy atom. The highest BCUT2D eigenvalue weighted by Gasteiger charge is 2.50. The number of nitrogens with one attached hydrogen (secondary N) is 1. The van der Waals surface area contributed by atoms with E-state index in [9.17, 15) is 39.9 Å². The number of carbonyl (C=O) groups excluding carboxylic acids is 3. The number of esters is 1. The van der Waals surface area contributed by atoms with Crippen molar-refractivity contribution in [2.24, 2.45) is 28.8 Å². The number of hydrogen-bond donors (Lipinski definition) is 6. The summed E-state index contributed by atoms with van der Waals surface area (Å²) in [6.45, 7) is 13.9. The van der Waals surface area contributed by atoms with Crippen LogP contribution in [0.2, 0.25) is 0 Å². The minimum Gasteiger partial charge on any atom is -0.507 e. The molecule has 6 N–H and O–H groups in total. The predicted molar refractivity (Wildman–Crippen MR) is 240 cm³/mol. The number of phenols is 3. The van der Waals surface area contributed by atoms with Crippen LogP contribution in [-0.2, 0) is 23.8 Å². The maximum Gasteiger partial charge on any atom is 0.312 e. The number of ether oxygens (including phenoxy) is 4.